The number of hydrogen-bond donors (Lipinski definition) is 0. The van der Waals surface area contributed by atoms with Gasteiger partial charge in [-0.15, -0.1) is 0 Å². The molecule has 0 aromatic carbocycles. The van der Waals surface area contributed by atoms with Crippen molar-refractivity contribution in [3.8, 4) is 17.1 Å². The van der Waals surface area contributed by atoms with Gasteiger partial charge in [-0.05, 0) is 17.9 Å². The van der Waals surface area contributed by atoms with Crippen molar-refractivity contribution in [2.45, 2.75) is 12.1 Å². The van der Waals surface area contributed by atoms with E-state index in [1.54, 1.807) is 31.3 Å². The normalized spacial score (nSPS) is 10.2. The maximum atomic E-state index is 5.09. The molecule has 0 saturated carbocycles. The predicted octanol–water partition coefficient (Wildman–Crippen LogP) is 2.66. The Bertz CT molecular complexity index is 505. The summed E-state index contributed by atoms with van der Waals surface area (Å²) in [5.41, 5.74) is 1.87. The van der Waals surface area contributed by atoms with Crippen LogP contribution < -0.4 is 4.74 Å². The minimum absolute atomic E-state index is 0.589. The lowest BCUT2D eigenvalue weighted by Crippen LogP contribution is -1.92. The first-order chi connectivity index (χ1) is 8.33. The number of methoxy groups -OCH3 is 1. The van der Waals surface area contributed by atoms with E-state index in [1.807, 2.05) is 18.2 Å². The highest BCUT2D eigenvalue weighted by Crippen LogP contribution is 2.22. The minimum atomic E-state index is 0.589. The monoisotopic (exact) mass is 247 g/mol. The fourth-order valence-electron chi connectivity index (χ4n) is 1.38. The first-order valence-electron chi connectivity index (χ1n) is 5.29. The van der Waals surface area contributed by atoms with Gasteiger partial charge in [0.05, 0.1) is 12.8 Å². The Balaban J connectivity index is 2.34. The van der Waals surface area contributed by atoms with Gasteiger partial charge in [0.25, 0.3) is 0 Å². The molecule has 88 valence electrons. The molecule has 17 heavy (non-hydrogen) atoms. The smallest absolute Gasteiger partial charge is 0.213 e. The molecular formula is C12H13N3OS. The lowest BCUT2D eigenvalue weighted by Gasteiger charge is -2.04. The van der Waals surface area contributed by atoms with Gasteiger partial charge in [-0.2, -0.15) is 0 Å². The highest BCUT2D eigenvalue weighted by Gasteiger charge is 2.03. The zero-order valence-electron chi connectivity index (χ0n) is 9.75. The van der Waals surface area contributed by atoms with Crippen LogP contribution in [0.2, 0.25) is 0 Å². The van der Waals surface area contributed by atoms with Gasteiger partial charge in [0.1, 0.15) is 0 Å². The fourth-order valence-corrected chi connectivity index (χ4v) is 1.94. The van der Waals surface area contributed by atoms with Gasteiger partial charge in [-0.1, -0.05) is 18.7 Å². The van der Waals surface area contributed by atoms with Gasteiger partial charge in [-0.25, -0.2) is 15.0 Å². The van der Waals surface area contributed by atoms with Crippen LogP contribution in [0.25, 0.3) is 11.3 Å². The molecule has 0 unspecified atom stereocenters. The second-order valence-corrected chi connectivity index (χ2v) is 4.48. The van der Waals surface area contributed by atoms with E-state index in [0.717, 1.165) is 22.2 Å². The molecule has 0 N–H and O–H groups in total. The van der Waals surface area contributed by atoms with Crippen molar-refractivity contribution in [3.05, 3.63) is 30.6 Å². The quantitative estimate of drug-likeness (QED) is 0.614. The van der Waals surface area contributed by atoms with E-state index in [1.165, 1.54) is 0 Å². The van der Waals surface area contributed by atoms with E-state index in [-0.39, 0.29) is 0 Å². The van der Waals surface area contributed by atoms with Crippen molar-refractivity contribution in [2.24, 2.45) is 0 Å². The zero-order chi connectivity index (χ0) is 12.1. The summed E-state index contributed by atoms with van der Waals surface area (Å²) >= 11 is 1.62. The third kappa shape index (κ3) is 2.94. The van der Waals surface area contributed by atoms with Crippen LogP contribution in [0.1, 0.15) is 6.92 Å². The molecule has 0 spiro atoms. The van der Waals surface area contributed by atoms with Crippen LogP contribution in [0.15, 0.2) is 35.7 Å². The van der Waals surface area contributed by atoms with Crippen molar-refractivity contribution >= 4 is 11.8 Å². The summed E-state index contributed by atoms with van der Waals surface area (Å²) in [4.78, 5) is 12.8. The number of nitrogens with zero attached hydrogens (tertiary/aromatic N) is 3. The highest BCUT2D eigenvalue weighted by atomic mass is 32.2. The summed E-state index contributed by atoms with van der Waals surface area (Å²) in [6.45, 7) is 2.08. The number of pyridine rings is 1. The molecule has 5 heteroatoms. The van der Waals surface area contributed by atoms with Crippen molar-refractivity contribution < 1.29 is 4.74 Å². The molecule has 0 bridgehead atoms. The zero-order valence-corrected chi connectivity index (χ0v) is 10.6. The van der Waals surface area contributed by atoms with Gasteiger partial charge < -0.3 is 4.74 Å². The Morgan fingerprint density at radius 1 is 1.24 bits per heavy atom. The molecule has 0 saturated heterocycles. The van der Waals surface area contributed by atoms with E-state index < -0.39 is 0 Å². The molecule has 2 rings (SSSR count). The average Bonchev–Trinajstić information content (AvgIpc) is 2.40. The Kier molecular flexibility index (Phi) is 3.93. The molecule has 0 aliphatic carbocycles. The van der Waals surface area contributed by atoms with E-state index in [4.69, 9.17) is 4.74 Å². The SMILES string of the molecule is CCSc1nccc(-c2ccnc(OC)c2)n1. The van der Waals surface area contributed by atoms with Crippen LogP contribution in [0, 0.1) is 0 Å². The van der Waals surface area contributed by atoms with Crippen LogP contribution in [-0.2, 0) is 0 Å². The van der Waals surface area contributed by atoms with Crippen molar-refractivity contribution in [1.29, 1.82) is 0 Å². The topological polar surface area (TPSA) is 47.9 Å². The van der Waals surface area contributed by atoms with E-state index in [0.29, 0.717) is 5.88 Å². The Morgan fingerprint density at radius 2 is 2.06 bits per heavy atom. The standard InChI is InChI=1S/C12H13N3OS/c1-3-17-12-14-7-5-10(15-12)9-4-6-13-11(8-9)16-2/h4-8H,3H2,1-2H3. The van der Waals surface area contributed by atoms with Crippen LogP contribution in [0.4, 0.5) is 0 Å². The van der Waals surface area contributed by atoms with Gasteiger partial charge in [0.2, 0.25) is 5.88 Å². The molecule has 0 amide bonds. The molecule has 0 aliphatic heterocycles. The molecule has 2 aromatic rings. The van der Waals surface area contributed by atoms with E-state index >= 15 is 0 Å². The second-order valence-electron chi connectivity index (χ2n) is 3.24. The maximum absolute atomic E-state index is 5.09. The maximum Gasteiger partial charge on any atom is 0.213 e. The van der Waals surface area contributed by atoms with E-state index in [2.05, 4.69) is 21.9 Å². The molecule has 0 atom stereocenters. The number of hydrogen-bond acceptors (Lipinski definition) is 5. The second kappa shape index (κ2) is 5.63. The number of rotatable bonds is 4. The minimum Gasteiger partial charge on any atom is -0.481 e. The Morgan fingerprint density at radius 3 is 2.82 bits per heavy atom. The van der Waals surface area contributed by atoms with Gasteiger partial charge in [0, 0.05) is 24.0 Å². The molecule has 0 aliphatic rings. The molecular weight excluding hydrogens is 234 g/mol. The summed E-state index contributed by atoms with van der Waals surface area (Å²) < 4.78 is 5.09. The third-order valence-electron chi connectivity index (χ3n) is 2.15. The number of aromatic nitrogens is 3. The average molecular weight is 247 g/mol. The molecule has 0 radical (unpaired) electrons. The molecule has 2 aromatic heterocycles. The third-order valence-corrected chi connectivity index (χ3v) is 2.89. The van der Waals surface area contributed by atoms with Crippen molar-refractivity contribution in [3.63, 3.8) is 0 Å². The fraction of sp³-hybridized carbons (Fsp3) is 0.250. The lowest BCUT2D eigenvalue weighted by molar-refractivity contribution is 0.398. The van der Waals surface area contributed by atoms with Crippen LogP contribution in [0.5, 0.6) is 5.88 Å². The summed E-state index contributed by atoms with van der Waals surface area (Å²) in [6.07, 6.45) is 3.48. The Hall–Kier alpha value is -1.62. The van der Waals surface area contributed by atoms with Crippen molar-refractivity contribution in [2.75, 3.05) is 12.9 Å². The highest BCUT2D eigenvalue weighted by molar-refractivity contribution is 7.99. The van der Waals surface area contributed by atoms with Crippen LogP contribution >= 0.6 is 11.8 Å². The van der Waals surface area contributed by atoms with Crippen LogP contribution in [-0.4, -0.2) is 27.8 Å². The van der Waals surface area contributed by atoms with Gasteiger partial charge >= 0.3 is 0 Å². The summed E-state index contributed by atoms with van der Waals surface area (Å²) in [7, 11) is 1.60. The summed E-state index contributed by atoms with van der Waals surface area (Å²) in [5, 5.41) is 0.792. The van der Waals surface area contributed by atoms with Gasteiger partial charge in [-0.3, -0.25) is 0 Å². The molecule has 2 heterocycles. The first kappa shape index (κ1) is 11.9. The van der Waals surface area contributed by atoms with Crippen molar-refractivity contribution in [1.82, 2.24) is 15.0 Å². The summed E-state index contributed by atoms with van der Waals surface area (Å²) in [5.74, 6) is 1.55. The molecule has 4 nitrogen and oxygen atoms in total. The predicted molar refractivity (Wildman–Crippen MR) is 68.2 cm³/mol. The number of thioether (sulfide) groups is 1. The number of ether oxygens (including phenoxy) is 1. The Labute approximate surface area is 104 Å². The van der Waals surface area contributed by atoms with Crippen LogP contribution in [0.3, 0.4) is 0 Å². The lowest BCUT2D eigenvalue weighted by atomic mass is 10.2. The van der Waals surface area contributed by atoms with E-state index in [9.17, 15) is 0 Å². The first-order valence-corrected chi connectivity index (χ1v) is 6.28. The molecule has 0 fully saturated rings. The van der Waals surface area contributed by atoms with Gasteiger partial charge in [0.15, 0.2) is 5.16 Å². The largest absolute Gasteiger partial charge is 0.481 e. The summed E-state index contributed by atoms with van der Waals surface area (Å²) in [6, 6.07) is 5.66.